The van der Waals surface area contributed by atoms with Crippen LogP contribution in [-0.2, 0) is 0 Å². The quantitative estimate of drug-likeness (QED) is 0.612. The van der Waals surface area contributed by atoms with Crippen LogP contribution in [-0.4, -0.2) is 5.11 Å². The van der Waals surface area contributed by atoms with E-state index in [1.54, 1.807) is 18.3 Å². The second-order valence-electron chi connectivity index (χ2n) is 1.60. The minimum absolute atomic E-state index is 0.395. The molecule has 0 fully saturated rings. The molecule has 43 valence electrons. The van der Waals surface area contributed by atoms with Gasteiger partial charge < -0.3 is 5.11 Å². The molecule has 0 bridgehead atoms. The smallest absolute Gasteiger partial charge is 0.120 e. The fraction of sp³-hybridized carbons (Fsp3) is 0.167. The van der Waals surface area contributed by atoms with Crippen molar-refractivity contribution in [1.82, 2.24) is 0 Å². The van der Waals surface area contributed by atoms with E-state index in [1.165, 1.54) is 0 Å². The molecule has 1 heterocycles. The molecule has 0 unspecified atom stereocenters. The minimum Gasteiger partial charge on any atom is -0.382 e. The summed E-state index contributed by atoms with van der Waals surface area (Å²) in [6, 6.07) is 1.89. The van der Waals surface area contributed by atoms with Gasteiger partial charge in [0.1, 0.15) is 6.10 Å². The van der Waals surface area contributed by atoms with Gasteiger partial charge in [-0.1, -0.05) is 0 Å². The van der Waals surface area contributed by atoms with Crippen molar-refractivity contribution < 1.29 is 5.11 Å². The number of rotatable bonds is 1. The molecule has 1 radical (unpaired) electrons. The summed E-state index contributed by atoms with van der Waals surface area (Å²) in [4.78, 5) is 0. The van der Waals surface area contributed by atoms with Crippen molar-refractivity contribution >= 4 is 11.3 Å². The Labute approximate surface area is 52.6 Å². The first kappa shape index (κ1) is 5.79. The highest BCUT2D eigenvalue weighted by molar-refractivity contribution is 7.08. The molecule has 0 spiro atoms. The van der Waals surface area contributed by atoms with Gasteiger partial charge >= 0.3 is 0 Å². The number of aliphatic hydroxyl groups excluding tert-OH is 1. The Kier molecular flexibility index (Phi) is 1.65. The summed E-state index contributed by atoms with van der Waals surface area (Å²) in [5.41, 5.74) is 0.926. The third-order valence-corrected chi connectivity index (χ3v) is 1.62. The van der Waals surface area contributed by atoms with E-state index in [0.717, 1.165) is 5.56 Å². The van der Waals surface area contributed by atoms with Gasteiger partial charge in [0.25, 0.3) is 0 Å². The SMILES string of the molecule is C[C](O)c1ccsc1. The zero-order valence-corrected chi connectivity index (χ0v) is 5.40. The van der Waals surface area contributed by atoms with Gasteiger partial charge in [-0.15, -0.1) is 0 Å². The molecule has 1 nitrogen and oxygen atoms in total. The van der Waals surface area contributed by atoms with Crippen LogP contribution >= 0.6 is 11.3 Å². The molecule has 2 heteroatoms. The molecule has 0 aromatic carbocycles. The van der Waals surface area contributed by atoms with Crippen molar-refractivity contribution in [2.75, 3.05) is 0 Å². The van der Waals surface area contributed by atoms with E-state index in [0.29, 0.717) is 6.10 Å². The molecular weight excluding hydrogens is 120 g/mol. The maximum atomic E-state index is 8.84. The van der Waals surface area contributed by atoms with Crippen LogP contribution < -0.4 is 0 Å². The van der Waals surface area contributed by atoms with Crippen molar-refractivity contribution in [1.29, 1.82) is 0 Å². The van der Waals surface area contributed by atoms with Crippen LogP contribution in [0.25, 0.3) is 0 Å². The molecule has 1 N–H and O–H groups in total. The van der Waals surface area contributed by atoms with Crippen LogP contribution in [0.15, 0.2) is 16.8 Å². The predicted octanol–water partition coefficient (Wildman–Crippen LogP) is 2.02. The topological polar surface area (TPSA) is 20.2 Å². The summed E-state index contributed by atoms with van der Waals surface area (Å²) in [7, 11) is 0. The normalized spacial score (nSPS) is 10.4. The largest absolute Gasteiger partial charge is 0.382 e. The van der Waals surface area contributed by atoms with Crippen molar-refractivity contribution in [3.8, 4) is 0 Å². The van der Waals surface area contributed by atoms with E-state index in [9.17, 15) is 0 Å². The third kappa shape index (κ3) is 1.08. The van der Waals surface area contributed by atoms with Crippen molar-refractivity contribution in [3.63, 3.8) is 0 Å². The number of hydrogen-bond donors (Lipinski definition) is 1. The fourth-order valence-corrected chi connectivity index (χ4v) is 1.17. The van der Waals surface area contributed by atoms with E-state index in [2.05, 4.69) is 0 Å². The molecular formula is C6H7OS. The van der Waals surface area contributed by atoms with Gasteiger partial charge in [-0.25, -0.2) is 0 Å². The standard InChI is InChI=1S/C6H7OS/c1-5(7)6-2-3-8-4-6/h2-4,7H,1H3. The first-order valence-electron chi connectivity index (χ1n) is 2.36. The summed E-state index contributed by atoms with van der Waals surface area (Å²) in [6.45, 7) is 1.68. The van der Waals surface area contributed by atoms with E-state index >= 15 is 0 Å². The zero-order chi connectivity index (χ0) is 5.98. The van der Waals surface area contributed by atoms with Crippen molar-refractivity contribution in [2.24, 2.45) is 0 Å². The Morgan fingerprint density at radius 1 is 1.75 bits per heavy atom. The predicted molar refractivity (Wildman–Crippen MR) is 34.3 cm³/mol. The van der Waals surface area contributed by atoms with Gasteiger partial charge in [-0.3, -0.25) is 0 Å². The Balaban J connectivity index is 2.77. The molecule has 0 saturated heterocycles. The summed E-state index contributed by atoms with van der Waals surface area (Å²) in [5.74, 6) is 0. The van der Waals surface area contributed by atoms with Gasteiger partial charge in [0.2, 0.25) is 0 Å². The highest BCUT2D eigenvalue weighted by Gasteiger charge is 1.98. The maximum Gasteiger partial charge on any atom is 0.120 e. The highest BCUT2D eigenvalue weighted by Crippen LogP contribution is 2.13. The summed E-state index contributed by atoms with van der Waals surface area (Å²) < 4.78 is 0. The van der Waals surface area contributed by atoms with Crippen LogP contribution in [0.3, 0.4) is 0 Å². The average Bonchev–Trinajstić information content (AvgIpc) is 2.12. The van der Waals surface area contributed by atoms with E-state index < -0.39 is 0 Å². The lowest BCUT2D eigenvalue weighted by molar-refractivity contribution is 0.341. The lowest BCUT2D eigenvalue weighted by atomic mass is 10.2. The second kappa shape index (κ2) is 2.29. The van der Waals surface area contributed by atoms with Crippen LogP contribution in [0.2, 0.25) is 0 Å². The molecule has 0 aliphatic carbocycles. The van der Waals surface area contributed by atoms with Crippen LogP contribution in [0.5, 0.6) is 0 Å². The molecule has 8 heavy (non-hydrogen) atoms. The molecule has 0 aliphatic rings. The summed E-state index contributed by atoms with van der Waals surface area (Å²) >= 11 is 1.59. The number of thiophene rings is 1. The summed E-state index contributed by atoms with van der Waals surface area (Å²) in [6.07, 6.45) is 0.395. The van der Waals surface area contributed by atoms with E-state index in [-0.39, 0.29) is 0 Å². The van der Waals surface area contributed by atoms with Crippen molar-refractivity contribution in [2.45, 2.75) is 6.92 Å². The average molecular weight is 127 g/mol. The van der Waals surface area contributed by atoms with Gasteiger partial charge in [-0.2, -0.15) is 11.3 Å². The lowest BCUT2D eigenvalue weighted by Gasteiger charge is -1.93. The molecule has 1 aromatic rings. The first-order chi connectivity index (χ1) is 3.80. The molecule has 1 rings (SSSR count). The molecule has 0 saturated carbocycles. The Hall–Kier alpha value is -0.340. The van der Waals surface area contributed by atoms with Crippen LogP contribution in [0.4, 0.5) is 0 Å². The van der Waals surface area contributed by atoms with Gasteiger partial charge in [0.05, 0.1) is 0 Å². The highest BCUT2D eigenvalue weighted by atomic mass is 32.1. The Morgan fingerprint density at radius 3 is 2.75 bits per heavy atom. The Morgan fingerprint density at radius 2 is 2.50 bits per heavy atom. The van der Waals surface area contributed by atoms with Crippen molar-refractivity contribution in [3.05, 3.63) is 28.5 Å². The van der Waals surface area contributed by atoms with E-state index in [4.69, 9.17) is 5.11 Å². The van der Waals surface area contributed by atoms with Crippen LogP contribution in [0.1, 0.15) is 12.5 Å². The summed E-state index contributed by atoms with van der Waals surface area (Å²) in [5, 5.41) is 12.7. The Bertz CT molecular complexity index is 144. The van der Waals surface area contributed by atoms with Gasteiger partial charge in [-0.05, 0) is 29.3 Å². The second-order valence-corrected chi connectivity index (χ2v) is 2.38. The van der Waals surface area contributed by atoms with E-state index in [1.807, 2.05) is 16.8 Å². The maximum absolute atomic E-state index is 8.84. The third-order valence-electron chi connectivity index (χ3n) is 0.939. The lowest BCUT2D eigenvalue weighted by Crippen LogP contribution is -1.86. The fourth-order valence-electron chi connectivity index (χ4n) is 0.470. The van der Waals surface area contributed by atoms with Crippen LogP contribution in [0, 0.1) is 6.10 Å². The minimum atomic E-state index is 0.395. The molecule has 0 aliphatic heterocycles. The number of aliphatic hydroxyl groups is 1. The molecule has 1 aromatic heterocycles. The molecule has 0 atom stereocenters. The van der Waals surface area contributed by atoms with Gasteiger partial charge in [0, 0.05) is 0 Å². The molecule has 0 amide bonds. The van der Waals surface area contributed by atoms with Gasteiger partial charge in [0.15, 0.2) is 0 Å². The monoisotopic (exact) mass is 127 g/mol. The zero-order valence-electron chi connectivity index (χ0n) is 4.59. The number of hydrogen-bond acceptors (Lipinski definition) is 2. The first-order valence-corrected chi connectivity index (χ1v) is 3.30.